The van der Waals surface area contributed by atoms with Crippen LogP contribution >= 0.6 is 7.37 Å². The van der Waals surface area contributed by atoms with Crippen LogP contribution in [0.2, 0.25) is 0 Å². The van der Waals surface area contributed by atoms with Crippen LogP contribution in [0.5, 0.6) is 0 Å². The van der Waals surface area contributed by atoms with Gasteiger partial charge in [-0.25, -0.2) is 0 Å². The zero-order valence-electron chi connectivity index (χ0n) is 11.6. The minimum Gasteiger partial charge on any atom is -0.328 e. The molecule has 0 aromatic heterocycles. The van der Waals surface area contributed by atoms with E-state index in [0.717, 1.165) is 44.7 Å². The normalized spacial score (nSPS) is 21.3. The summed E-state index contributed by atoms with van der Waals surface area (Å²) in [5.74, 6) is 0. The smallest absolute Gasteiger partial charge is 0.206 e. The molecule has 1 unspecified atom stereocenters. The number of rotatable bonds is 8. The Balaban J connectivity index is 2.52. The predicted octanol–water partition coefficient (Wildman–Crippen LogP) is 5.21. The molecule has 1 atom stereocenters. The van der Waals surface area contributed by atoms with E-state index in [9.17, 15) is 4.57 Å². The topological polar surface area (TPSA) is 26.3 Å². The molecule has 1 aliphatic carbocycles. The van der Waals surface area contributed by atoms with Crippen molar-refractivity contribution < 1.29 is 9.09 Å². The minimum atomic E-state index is -2.34. The SMILES string of the molecule is CCCCOP(=O)(CCCC)C1CCCCC1. The van der Waals surface area contributed by atoms with E-state index < -0.39 is 7.37 Å². The summed E-state index contributed by atoms with van der Waals surface area (Å²) < 4.78 is 18.8. The number of unbranched alkanes of at least 4 members (excludes halogenated alkanes) is 2. The van der Waals surface area contributed by atoms with Gasteiger partial charge >= 0.3 is 0 Å². The third kappa shape index (κ3) is 5.14. The van der Waals surface area contributed by atoms with E-state index in [1.807, 2.05) is 0 Å². The van der Waals surface area contributed by atoms with Gasteiger partial charge in [-0.3, -0.25) is 4.57 Å². The Morgan fingerprint density at radius 2 is 1.71 bits per heavy atom. The van der Waals surface area contributed by atoms with Gasteiger partial charge in [0.05, 0.1) is 6.61 Å². The molecule has 0 aromatic rings. The van der Waals surface area contributed by atoms with Gasteiger partial charge in [-0.2, -0.15) is 0 Å². The van der Waals surface area contributed by atoms with Gasteiger partial charge in [-0.15, -0.1) is 0 Å². The highest BCUT2D eigenvalue weighted by molar-refractivity contribution is 7.59. The van der Waals surface area contributed by atoms with Gasteiger partial charge in [0.15, 0.2) is 0 Å². The summed E-state index contributed by atoms with van der Waals surface area (Å²) in [6, 6.07) is 0. The van der Waals surface area contributed by atoms with E-state index in [1.54, 1.807) is 0 Å². The summed E-state index contributed by atoms with van der Waals surface area (Å²) in [7, 11) is -2.34. The largest absolute Gasteiger partial charge is 0.328 e. The van der Waals surface area contributed by atoms with Gasteiger partial charge < -0.3 is 4.52 Å². The Morgan fingerprint density at radius 3 is 2.29 bits per heavy atom. The fraction of sp³-hybridized carbons (Fsp3) is 1.00. The van der Waals surface area contributed by atoms with Gasteiger partial charge in [0.2, 0.25) is 7.37 Å². The summed E-state index contributed by atoms with van der Waals surface area (Å²) in [5, 5.41) is 0. The molecule has 0 spiro atoms. The van der Waals surface area contributed by atoms with E-state index in [0.29, 0.717) is 12.3 Å². The van der Waals surface area contributed by atoms with Crippen molar-refractivity contribution in [3.8, 4) is 0 Å². The first-order valence-electron chi connectivity index (χ1n) is 7.46. The van der Waals surface area contributed by atoms with Crippen LogP contribution in [-0.4, -0.2) is 18.4 Å². The minimum absolute atomic E-state index is 0.375. The van der Waals surface area contributed by atoms with Crippen molar-refractivity contribution in [3.05, 3.63) is 0 Å². The van der Waals surface area contributed by atoms with E-state index in [-0.39, 0.29) is 0 Å². The maximum Gasteiger partial charge on any atom is 0.206 e. The summed E-state index contributed by atoms with van der Waals surface area (Å²) in [4.78, 5) is 0. The molecule has 0 N–H and O–H groups in total. The Labute approximate surface area is 107 Å². The van der Waals surface area contributed by atoms with Crippen LogP contribution in [0.1, 0.15) is 71.6 Å². The molecule has 0 aliphatic heterocycles. The molecule has 0 heterocycles. The lowest BCUT2D eigenvalue weighted by atomic mass is 10.0. The van der Waals surface area contributed by atoms with Crippen molar-refractivity contribution >= 4 is 7.37 Å². The van der Waals surface area contributed by atoms with Crippen LogP contribution in [0.25, 0.3) is 0 Å². The summed E-state index contributed by atoms with van der Waals surface area (Å²) >= 11 is 0. The Morgan fingerprint density at radius 1 is 1.06 bits per heavy atom. The molecule has 1 saturated carbocycles. The van der Waals surface area contributed by atoms with Crippen LogP contribution in [0, 0.1) is 0 Å². The van der Waals surface area contributed by atoms with Crippen molar-refractivity contribution in [2.45, 2.75) is 77.3 Å². The number of hydrogen-bond acceptors (Lipinski definition) is 2. The zero-order valence-corrected chi connectivity index (χ0v) is 12.5. The van der Waals surface area contributed by atoms with Crippen molar-refractivity contribution in [1.29, 1.82) is 0 Å². The Hall–Kier alpha value is 0.190. The summed E-state index contributed by atoms with van der Waals surface area (Å²) in [6.07, 6.45) is 11.2. The highest BCUT2D eigenvalue weighted by Crippen LogP contribution is 2.57. The van der Waals surface area contributed by atoms with E-state index in [1.165, 1.54) is 19.3 Å². The molecule has 1 aliphatic rings. The molecule has 0 aromatic carbocycles. The van der Waals surface area contributed by atoms with Crippen molar-refractivity contribution in [1.82, 2.24) is 0 Å². The molecule has 0 bridgehead atoms. The third-order valence-corrected chi connectivity index (χ3v) is 6.95. The molecule has 102 valence electrons. The van der Waals surface area contributed by atoms with Gasteiger partial charge in [0, 0.05) is 11.8 Å². The van der Waals surface area contributed by atoms with Crippen molar-refractivity contribution in [2.75, 3.05) is 12.8 Å². The molecule has 17 heavy (non-hydrogen) atoms. The summed E-state index contributed by atoms with van der Waals surface area (Å²) in [5.41, 5.74) is 0.375. The van der Waals surface area contributed by atoms with Crippen LogP contribution in [-0.2, 0) is 9.09 Å². The highest BCUT2D eigenvalue weighted by Gasteiger charge is 2.34. The first kappa shape index (κ1) is 15.2. The predicted molar refractivity (Wildman–Crippen MR) is 75.1 cm³/mol. The quantitative estimate of drug-likeness (QED) is 0.442. The first-order chi connectivity index (χ1) is 8.23. The molecule has 0 amide bonds. The van der Waals surface area contributed by atoms with E-state index >= 15 is 0 Å². The lowest BCUT2D eigenvalue weighted by Gasteiger charge is -2.30. The molecular weight excluding hydrogens is 231 g/mol. The second-order valence-corrected chi connectivity index (χ2v) is 8.17. The Kier molecular flexibility index (Phi) is 7.46. The van der Waals surface area contributed by atoms with Gasteiger partial charge in [0.25, 0.3) is 0 Å². The van der Waals surface area contributed by atoms with Gasteiger partial charge in [0.1, 0.15) is 0 Å². The lowest BCUT2D eigenvalue weighted by Crippen LogP contribution is -2.17. The van der Waals surface area contributed by atoms with Crippen LogP contribution < -0.4 is 0 Å². The highest BCUT2D eigenvalue weighted by atomic mass is 31.2. The molecule has 0 saturated heterocycles. The average Bonchev–Trinajstić information content (AvgIpc) is 2.38. The van der Waals surface area contributed by atoms with E-state index in [2.05, 4.69) is 13.8 Å². The fourth-order valence-corrected chi connectivity index (χ4v) is 5.62. The van der Waals surface area contributed by atoms with E-state index in [4.69, 9.17) is 4.52 Å². The van der Waals surface area contributed by atoms with Crippen molar-refractivity contribution in [2.24, 2.45) is 0 Å². The number of hydrogen-bond donors (Lipinski definition) is 0. The van der Waals surface area contributed by atoms with Gasteiger partial charge in [-0.1, -0.05) is 46.0 Å². The first-order valence-corrected chi connectivity index (χ1v) is 9.34. The van der Waals surface area contributed by atoms with Crippen LogP contribution in [0.15, 0.2) is 0 Å². The average molecular weight is 260 g/mol. The molecule has 0 radical (unpaired) electrons. The standard InChI is InChI=1S/C14H29O2P/c1-3-5-12-16-17(15,13-6-4-2)14-10-8-7-9-11-14/h14H,3-13H2,1-2H3. The second kappa shape index (κ2) is 8.32. The van der Waals surface area contributed by atoms with Gasteiger partial charge in [-0.05, 0) is 25.7 Å². The van der Waals surface area contributed by atoms with Crippen LogP contribution in [0.3, 0.4) is 0 Å². The monoisotopic (exact) mass is 260 g/mol. The molecule has 1 rings (SSSR count). The zero-order chi connectivity index (χ0) is 12.6. The van der Waals surface area contributed by atoms with Crippen LogP contribution in [0.4, 0.5) is 0 Å². The van der Waals surface area contributed by atoms with Crippen molar-refractivity contribution in [3.63, 3.8) is 0 Å². The summed E-state index contributed by atoms with van der Waals surface area (Å²) in [6.45, 7) is 5.02. The third-order valence-electron chi connectivity index (χ3n) is 3.76. The molecular formula is C14H29O2P. The molecule has 1 fully saturated rings. The molecule has 2 nitrogen and oxygen atoms in total. The lowest BCUT2D eigenvalue weighted by molar-refractivity contribution is 0.290. The Bertz CT molecular complexity index is 234. The second-order valence-electron chi connectivity index (χ2n) is 5.28. The fourth-order valence-electron chi connectivity index (χ4n) is 2.57. The molecule has 3 heteroatoms. The maximum atomic E-state index is 13.0. The maximum absolute atomic E-state index is 13.0.